The Morgan fingerprint density at radius 3 is 1.97 bits per heavy atom. The summed E-state index contributed by atoms with van der Waals surface area (Å²) in [5.74, 6) is -1.16. The van der Waals surface area contributed by atoms with E-state index >= 15 is 0 Å². The molecule has 4 aromatic carbocycles. The van der Waals surface area contributed by atoms with Gasteiger partial charge in [0, 0.05) is 0 Å². The molecular weight excluding hydrogens is 490 g/mol. The molecule has 0 amide bonds. The summed E-state index contributed by atoms with van der Waals surface area (Å²) in [6.45, 7) is -0.0325. The van der Waals surface area contributed by atoms with E-state index in [1.807, 2.05) is 59.5 Å². The van der Waals surface area contributed by atoms with Crippen LogP contribution in [0.3, 0.4) is 0 Å². The molecule has 1 heterocycles. The van der Waals surface area contributed by atoms with Crippen LogP contribution in [0, 0.1) is 5.92 Å². The average molecular weight is 520 g/mol. The second-order valence-corrected chi connectivity index (χ2v) is 9.97. The van der Waals surface area contributed by atoms with Gasteiger partial charge >= 0.3 is 5.97 Å². The maximum absolute atomic E-state index is 13.9. The lowest BCUT2D eigenvalue weighted by atomic mass is 9.78. The van der Waals surface area contributed by atoms with Crippen LogP contribution in [-0.2, 0) is 19.9 Å². The van der Waals surface area contributed by atoms with Gasteiger partial charge in [0.2, 0.25) is 0 Å². The number of hydrogen-bond acceptors (Lipinski definition) is 6. The van der Waals surface area contributed by atoms with Crippen LogP contribution < -0.4 is 4.74 Å². The fourth-order valence-corrected chi connectivity index (χ4v) is 6.50. The molecular formula is C33H29NO5. The number of rotatable bonds is 6. The van der Waals surface area contributed by atoms with Gasteiger partial charge in [0.25, 0.3) is 0 Å². The fourth-order valence-electron chi connectivity index (χ4n) is 6.50. The number of ketones is 1. The van der Waals surface area contributed by atoms with Gasteiger partial charge in [-0.05, 0) is 45.5 Å². The number of likely N-dealkylation sites (tertiary alicyclic amines) is 1. The molecule has 1 aliphatic carbocycles. The van der Waals surface area contributed by atoms with Gasteiger partial charge < -0.3 is 14.6 Å². The van der Waals surface area contributed by atoms with Gasteiger partial charge in [-0.3, -0.25) is 14.5 Å². The zero-order chi connectivity index (χ0) is 27.1. The van der Waals surface area contributed by atoms with Gasteiger partial charge in [-0.1, -0.05) is 91.0 Å². The van der Waals surface area contributed by atoms with E-state index in [0.29, 0.717) is 11.3 Å². The van der Waals surface area contributed by atoms with Gasteiger partial charge in [-0.25, -0.2) is 0 Å². The summed E-state index contributed by atoms with van der Waals surface area (Å²) in [4.78, 5) is 29.4. The number of aliphatic hydroxyl groups excluding tert-OH is 1. The third-order valence-corrected chi connectivity index (χ3v) is 8.16. The van der Waals surface area contributed by atoms with Crippen molar-refractivity contribution in [1.82, 2.24) is 4.90 Å². The van der Waals surface area contributed by atoms with Gasteiger partial charge in [-0.2, -0.15) is 0 Å². The number of nitrogens with zero attached hydrogens (tertiary/aromatic N) is 1. The normalized spacial score (nSPS) is 20.2. The van der Waals surface area contributed by atoms with Crippen LogP contribution in [0.5, 0.6) is 5.75 Å². The van der Waals surface area contributed by atoms with Gasteiger partial charge in [0.1, 0.15) is 11.8 Å². The van der Waals surface area contributed by atoms with E-state index in [1.54, 1.807) is 31.4 Å². The number of ether oxygens (including phenoxy) is 2. The molecule has 6 rings (SSSR count). The van der Waals surface area contributed by atoms with Crippen LogP contribution in [0.4, 0.5) is 0 Å². The summed E-state index contributed by atoms with van der Waals surface area (Å²) >= 11 is 0. The van der Waals surface area contributed by atoms with Crippen LogP contribution in [0.1, 0.15) is 28.4 Å². The molecule has 4 aromatic rings. The number of carbonyl (C=O) groups excluding carboxylic acids is 2. The van der Waals surface area contributed by atoms with E-state index in [9.17, 15) is 14.7 Å². The summed E-state index contributed by atoms with van der Waals surface area (Å²) in [6, 6.07) is 32.1. The van der Waals surface area contributed by atoms with Crippen LogP contribution in [0.15, 0.2) is 103 Å². The lowest BCUT2D eigenvalue weighted by molar-refractivity contribution is -0.151. The Bertz CT molecular complexity index is 1490. The minimum Gasteiger partial charge on any atom is -0.497 e. The van der Waals surface area contributed by atoms with Crippen LogP contribution in [-0.4, -0.2) is 48.6 Å². The molecule has 1 fully saturated rings. The number of esters is 1. The predicted molar refractivity (Wildman–Crippen MR) is 147 cm³/mol. The third-order valence-electron chi connectivity index (χ3n) is 8.16. The molecule has 196 valence electrons. The molecule has 2 aliphatic rings. The van der Waals surface area contributed by atoms with Crippen LogP contribution >= 0.6 is 0 Å². The Hall–Kier alpha value is -4.26. The minimum absolute atomic E-state index is 0.0325. The van der Waals surface area contributed by atoms with E-state index in [1.165, 1.54) is 7.11 Å². The Labute approximate surface area is 227 Å². The topological polar surface area (TPSA) is 76.1 Å². The molecule has 0 aromatic heterocycles. The maximum atomic E-state index is 13.9. The molecule has 0 radical (unpaired) electrons. The lowest BCUT2D eigenvalue weighted by Crippen LogP contribution is -2.54. The van der Waals surface area contributed by atoms with Crippen molar-refractivity contribution in [2.24, 2.45) is 5.92 Å². The first-order valence-corrected chi connectivity index (χ1v) is 13.0. The zero-order valence-electron chi connectivity index (χ0n) is 21.8. The number of methoxy groups -OCH3 is 2. The van der Waals surface area contributed by atoms with E-state index in [2.05, 4.69) is 24.3 Å². The number of benzene rings is 4. The molecule has 1 aliphatic heterocycles. The van der Waals surface area contributed by atoms with Crippen molar-refractivity contribution < 1.29 is 24.2 Å². The van der Waals surface area contributed by atoms with Gasteiger partial charge in [0.05, 0.1) is 38.3 Å². The van der Waals surface area contributed by atoms with E-state index in [4.69, 9.17) is 9.47 Å². The number of hydrogen-bond donors (Lipinski definition) is 1. The highest BCUT2D eigenvalue weighted by Gasteiger charge is 2.60. The molecule has 0 bridgehead atoms. The molecule has 6 nitrogen and oxygen atoms in total. The molecule has 0 spiro atoms. The highest BCUT2D eigenvalue weighted by molar-refractivity contribution is 5.95. The second kappa shape index (κ2) is 9.80. The van der Waals surface area contributed by atoms with Crippen molar-refractivity contribution >= 4 is 11.8 Å². The summed E-state index contributed by atoms with van der Waals surface area (Å²) < 4.78 is 10.6. The Morgan fingerprint density at radius 2 is 1.41 bits per heavy atom. The van der Waals surface area contributed by atoms with Crippen molar-refractivity contribution in [2.45, 2.75) is 17.7 Å². The monoisotopic (exact) mass is 519 g/mol. The number of carbonyl (C=O) groups is 2. The summed E-state index contributed by atoms with van der Waals surface area (Å²) in [7, 11) is 2.89. The summed E-state index contributed by atoms with van der Waals surface area (Å²) in [5.41, 5.74) is 4.59. The lowest BCUT2D eigenvalue weighted by Gasteiger charge is -2.44. The minimum atomic E-state index is -1.21. The quantitative estimate of drug-likeness (QED) is 0.371. The van der Waals surface area contributed by atoms with E-state index < -0.39 is 29.6 Å². The maximum Gasteiger partial charge on any atom is 0.324 e. The van der Waals surface area contributed by atoms with Crippen molar-refractivity contribution in [1.29, 1.82) is 0 Å². The first kappa shape index (κ1) is 25.0. The predicted octanol–water partition coefficient (Wildman–Crippen LogP) is 4.74. The van der Waals surface area contributed by atoms with Crippen molar-refractivity contribution in [2.75, 3.05) is 20.8 Å². The van der Waals surface area contributed by atoms with Gasteiger partial charge in [-0.15, -0.1) is 0 Å². The van der Waals surface area contributed by atoms with E-state index in [0.717, 1.165) is 27.8 Å². The van der Waals surface area contributed by atoms with E-state index in [-0.39, 0.29) is 12.3 Å². The molecule has 6 heteroatoms. The molecule has 39 heavy (non-hydrogen) atoms. The smallest absolute Gasteiger partial charge is 0.324 e. The largest absolute Gasteiger partial charge is 0.497 e. The van der Waals surface area contributed by atoms with Crippen molar-refractivity contribution in [3.8, 4) is 16.9 Å². The third kappa shape index (κ3) is 3.71. The second-order valence-electron chi connectivity index (χ2n) is 9.97. The van der Waals surface area contributed by atoms with Crippen molar-refractivity contribution in [3.05, 3.63) is 125 Å². The molecule has 0 unspecified atom stereocenters. The summed E-state index contributed by atoms with van der Waals surface area (Å²) in [5, 5.41) is 11.6. The van der Waals surface area contributed by atoms with Gasteiger partial charge in [0.15, 0.2) is 5.78 Å². The van der Waals surface area contributed by atoms with Crippen molar-refractivity contribution in [3.63, 3.8) is 0 Å². The fraction of sp³-hybridized carbons (Fsp3) is 0.212. The average Bonchev–Trinajstić information content (AvgIpc) is 3.49. The van der Waals surface area contributed by atoms with Crippen LogP contribution in [0.2, 0.25) is 0 Å². The Morgan fingerprint density at radius 1 is 0.846 bits per heavy atom. The molecule has 3 atom stereocenters. The van der Waals surface area contributed by atoms with Crippen LogP contribution in [0.25, 0.3) is 11.1 Å². The Kier molecular flexibility index (Phi) is 6.29. The number of Topliss-reactive ketones (excluding diaryl/α,β-unsaturated/α-hetero) is 1. The molecule has 1 N–H and O–H groups in total. The molecule has 1 saturated heterocycles. The standard InChI is InChI=1S/C33H29NO5/c1-38-23-18-16-21(17-19-23)31(36)29-28(35)20-34(30(29)32(37)39-2)33(22-10-4-3-5-11-22)26-14-8-6-12-24(26)25-13-7-9-15-27(25)33/h3-19,29-31,36H,20H2,1-2H3/t29-,30-,31+/m0/s1. The Balaban J connectivity index is 1.58. The molecule has 0 saturated carbocycles. The summed E-state index contributed by atoms with van der Waals surface area (Å²) in [6.07, 6.45) is -1.21. The SMILES string of the molecule is COC(=O)[C@@H]1[C@@H]([C@H](O)c2ccc(OC)cc2)C(=O)CN1C1(c2ccccc2)c2ccccc2-c2ccccc21. The highest BCUT2D eigenvalue weighted by atomic mass is 16.5. The highest BCUT2D eigenvalue weighted by Crippen LogP contribution is 2.56. The number of fused-ring (bicyclic) bond motifs is 3. The first-order valence-electron chi connectivity index (χ1n) is 13.0. The zero-order valence-corrected chi connectivity index (χ0v) is 21.8. The number of aliphatic hydroxyl groups is 1. The first-order chi connectivity index (χ1) is 19.0.